The lowest BCUT2D eigenvalue weighted by Crippen LogP contribution is -2.05. The largest absolute Gasteiger partial charge is 0.495 e. The van der Waals surface area contributed by atoms with Crippen LogP contribution < -0.4 is 0 Å². The van der Waals surface area contributed by atoms with Gasteiger partial charge < -0.3 is 9.84 Å². The van der Waals surface area contributed by atoms with Gasteiger partial charge in [0.05, 0.1) is 11.9 Å². The van der Waals surface area contributed by atoms with Gasteiger partial charge in [0.25, 0.3) is 0 Å². The van der Waals surface area contributed by atoms with Crippen molar-refractivity contribution in [1.82, 2.24) is 0 Å². The molecule has 0 radical (unpaired) electrons. The summed E-state index contributed by atoms with van der Waals surface area (Å²) in [6.45, 7) is 7.60. The van der Waals surface area contributed by atoms with E-state index in [1.54, 1.807) is 19.1 Å². The van der Waals surface area contributed by atoms with Crippen molar-refractivity contribution < 1.29 is 14.6 Å². The molecule has 86 valence electrons. The SMILES string of the molecule is CC/C(=C\C=C(/C)C(=O)O)OC(C)CC. The van der Waals surface area contributed by atoms with Gasteiger partial charge in [0.2, 0.25) is 0 Å². The smallest absolute Gasteiger partial charge is 0.331 e. The Morgan fingerprint density at radius 2 is 2.00 bits per heavy atom. The number of carbonyl (C=O) groups is 1. The summed E-state index contributed by atoms with van der Waals surface area (Å²) in [6, 6.07) is 0. The number of ether oxygens (including phenoxy) is 1. The van der Waals surface area contributed by atoms with Crippen LogP contribution in [-0.4, -0.2) is 17.2 Å². The Hall–Kier alpha value is -1.25. The van der Waals surface area contributed by atoms with E-state index in [2.05, 4.69) is 6.92 Å². The molecule has 0 bridgehead atoms. The minimum Gasteiger partial charge on any atom is -0.495 e. The average molecular weight is 212 g/mol. The van der Waals surface area contributed by atoms with Crippen molar-refractivity contribution in [2.24, 2.45) is 0 Å². The van der Waals surface area contributed by atoms with Crippen LogP contribution in [0.25, 0.3) is 0 Å². The summed E-state index contributed by atoms with van der Waals surface area (Å²) in [5.41, 5.74) is 0.314. The van der Waals surface area contributed by atoms with Crippen LogP contribution in [-0.2, 0) is 9.53 Å². The van der Waals surface area contributed by atoms with Gasteiger partial charge in [-0.15, -0.1) is 0 Å². The third-order valence-corrected chi connectivity index (χ3v) is 2.13. The van der Waals surface area contributed by atoms with Crippen LogP contribution in [0.5, 0.6) is 0 Å². The molecule has 1 atom stereocenters. The Morgan fingerprint density at radius 3 is 2.40 bits per heavy atom. The van der Waals surface area contributed by atoms with Gasteiger partial charge in [-0.25, -0.2) is 4.79 Å². The average Bonchev–Trinajstić information content (AvgIpc) is 2.22. The molecule has 0 aromatic rings. The normalized spacial score (nSPS) is 14.9. The molecule has 0 aromatic heterocycles. The molecule has 0 spiro atoms. The van der Waals surface area contributed by atoms with E-state index in [9.17, 15) is 4.79 Å². The highest BCUT2D eigenvalue weighted by Gasteiger charge is 2.02. The van der Waals surface area contributed by atoms with Crippen molar-refractivity contribution in [2.75, 3.05) is 0 Å². The highest BCUT2D eigenvalue weighted by molar-refractivity contribution is 5.86. The Balaban J connectivity index is 4.47. The van der Waals surface area contributed by atoms with Crippen molar-refractivity contribution in [3.8, 4) is 0 Å². The van der Waals surface area contributed by atoms with Crippen molar-refractivity contribution in [3.05, 3.63) is 23.5 Å². The Morgan fingerprint density at radius 1 is 1.40 bits per heavy atom. The molecule has 0 aliphatic rings. The summed E-state index contributed by atoms with van der Waals surface area (Å²) in [7, 11) is 0. The maximum atomic E-state index is 10.5. The Kier molecular flexibility index (Phi) is 6.50. The lowest BCUT2D eigenvalue weighted by molar-refractivity contribution is -0.132. The van der Waals surface area contributed by atoms with Crippen LogP contribution in [0.2, 0.25) is 0 Å². The second kappa shape index (κ2) is 7.10. The molecular formula is C12H20O3. The van der Waals surface area contributed by atoms with Gasteiger partial charge in [-0.05, 0) is 32.4 Å². The number of carboxylic acid groups (broad SMARTS) is 1. The van der Waals surface area contributed by atoms with Crippen LogP contribution in [0.15, 0.2) is 23.5 Å². The van der Waals surface area contributed by atoms with E-state index < -0.39 is 5.97 Å². The van der Waals surface area contributed by atoms with E-state index in [1.165, 1.54) is 0 Å². The third kappa shape index (κ3) is 5.94. The highest BCUT2D eigenvalue weighted by Crippen LogP contribution is 2.10. The monoisotopic (exact) mass is 212 g/mol. The number of carboxylic acids is 1. The number of aliphatic carboxylic acids is 1. The number of hydrogen-bond acceptors (Lipinski definition) is 2. The number of allylic oxidation sites excluding steroid dienone is 3. The van der Waals surface area contributed by atoms with Crippen LogP contribution >= 0.6 is 0 Å². The van der Waals surface area contributed by atoms with Crippen LogP contribution in [0.1, 0.15) is 40.5 Å². The fourth-order valence-electron chi connectivity index (χ4n) is 0.871. The van der Waals surface area contributed by atoms with E-state index in [0.717, 1.165) is 18.6 Å². The minimum absolute atomic E-state index is 0.176. The summed E-state index contributed by atoms with van der Waals surface area (Å²) in [4.78, 5) is 10.5. The van der Waals surface area contributed by atoms with Crippen molar-refractivity contribution in [1.29, 1.82) is 0 Å². The summed E-state index contributed by atoms with van der Waals surface area (Å²) in [5.74, 6) is -0.0739. The molecule has 0 saturated heterocycles. The lowest BCUT2D eigenvalue weighted by Gasteiger charge is -2.14. The Bertz CT molecular complexity index is 264. The van der Waals surface area contributed by atoms with E-state index in [4.69, 9.17) is 9.84 Å². The topological polar surface area (TPSA) is 46.5 Å². The van der Waals surface area contributed by atoms with Crippen LogP contribution in [0, 0.1) is 0 Å². The summed E-state index contributed by atoms with van der Waals surface area (Å²) < 4.78 is 5.60. The van der Waals surface area contributed by atoms with E-state index in [0.29, 0.717) is 5.57 Å². The standard InChI is InChI=1S/C12H20O3/c1-5-10(4)15-11(6-2)8-7-9(3)12(13)14/h7-8,10H,5-6H2,1-4H3,(H,13,14)/b9-7+,11-8+. The van der Waals surface area contributed by atoms with Gasteiger partial charge in [0.15, 0.2) is 0 Å². The fourth-order valence-corrected chi connectivity index (χ4v) is 0.871. The molecule has 0 heterocycles. The molecule has 1 unspecified atom stereocenters. The Labute approximate surface area is 91.4 Å². The van der Waals surface area contributed by atoms with E-state index in [-0.39, 0.29) is 6.10 Å². The molecule has 0 aliphatic heterocycles. The zero-order valence-corrected chi connectivity index (χ0v) is 9.91. The van der Waals surface area contributed by atoms with Crippen LogP contribution in [0.4, 0.5) is 0 Å². The molecule has 15 heavy (non-hydrogen) atoms. The summed E-state index contributed by atoms with van der Waals surface area (Å²) >= 11 is 0. The third-order valence-electron chi connectivity index (χ3n) is 2.13. The quantitative estimate of drug-likeness (QED) is 0.418. The summed E-state index contributed by atoms with van der Waals surface area (Å²) in [5, 5.41) is 8.66. The maximum absolute atomic E-state index is 10.5. The molecule has 3 nitrogen and oxygen atoms in total. The molecule has 0 amide bonds. The lowest BCUT2D eigenvalue weighted by atomic mass is 10.2. The molecule has 1 N–H and O–H groups in total. The molecule has 0 saturated carbocycles. The van der Waals surface area contributed by atoms with E-state index in [1.807, 2.05) is 13.8 Å². The first-order valence-corrected chi connectivity index (χ1v) is 5.28. The molecule has 0 fully saturated rings. The first-order valence-electron chi connectivity index (χ1n) is 5.28. The van der Waals surface area contributed by atoms with Crippen LogP contribution in [0.3, 0.4) is 0 Å². The second-order valence-electron chi connectivity index (χ2n) is 3.48. The minimum atomic E-state index is -0.898. The first kappa shape index (κ1) is 13.8. The first-order chi connectivity index (χ1) is 7.01. The predicted octanol–water partition coefficient (Wildman–Crippen LogP) is 3.13. The number of rotatable bonds is 6. The highest BCUT2D eigenvalue weighted by atomic mass is 16.5. The van der Waals surface area contributed by atoms with Gasteiger partial charge >= 0.3 is 5.97 Å². The molecule has 0 rings (SSSR count). The van der Waals surface area contributed by atoms with Gasteiger partial charge in [0, 0.05) is 12.0 Å². The van der Waals surface area contributed by atoms with Crippen molar-refractivity contribution in [2.45, 2.75) is 46.6 Å². The summed E-state index contributed by atoms with van der Waals surface area (Å²) in [6.07, 6.45) is 5.20. The van der Waals surface area contributed by atoms with Gasteiger partial charge in [-0.1, -0.05) is 13.8 Å². The fraction of sp³-hybridized carbons (Fsp3) is 0.583. The molecule has 0 aromatic carbocycles. The number of hydrogen-bond donors (Lipinski definition) is 1. The van der Waals surface area contributed by atoms with Crippen molar-refractivity contribution >= 4 is 5.97 Å². The molecular weight excluding hydrogens is 192 g/mol. The predicted molar refractivity (Wildman–Crippen MR) is 60.6 cm³/mol. The molecule has 3 heteroatoms. The molecule has 0 aliphatic carbocycles. The van der Waals surface area contributed by atoms with Gasteiger partial charge in [-0.2, -0.15) is 0 Å². The zero-order valence-electron chi connectivity index (χ0n) is 9.91. The van der Waals surface area contributed by atoms with Gasteiger partial charge in [0.1, 0.15) is 0 Å². The van der Waals surface area contributed by atoms with Gasteiger partial charge in [-0.3, -0.25) is 0 Å². The zero-order chi connectivity index (χ0) is 11.8. The second-order valence-corrected chi connectivity index (χ2v) is 3.48. The van der Waals surface area contributed by atoms with E-state index >= 15 is 0 Å². The maximum Gasteiger partial charge on any atom is 0.331 e. The van der Waals surface area contributed by atoms with Crippen molar-refractivity contribution in [3.63, 3.8) is 0 Å².